The Morgan fingerprint density at radius 3 is 2.29 bits per heavy atom. The summed E-state index contributed by atoms with van der Waals surface area (Å²) in [5.41, 5.74) is 7.13. The summed E-state index contributed by atoms with van der Waals surface area (Å²) in [6.45, 7) is 11.0. The SMILES string of the molecule is CC(C)(C)c1cnc2cc(CC(C)(C)c3ccc4ncccc4n3)cnc2c1. The first-order chi connectivity index (χ1) is 13.2. The quantitative estimate of drug-likeness (QED) is 0.485. The number of hydrogen-bond acceptors (Lipinski definition) is 4. The van der Waals surface area contributed by atoms with Crippen LogP contribution in [0.1, 0.15) is 51.4 Å². The van der Waals surface area contributed by atoms with Crippen LogP contribution < -0.4 is 0 Å². The van der Waals surface area contributed by atoms with Gasteiger partial charge in [0.25, 0.3) is 0 Å². The van der Waals surface area contributed by atoms with Gasteiger partial charge in [0, 0.05) is 29.7 Å². The zero-order chi connectivity index (χ0) is 19.9. The summed E-state index contributed by atoms with van der Waals surface area (Å²) in [4.78, 5) is 18.6. The second-order valence-corrected chi connectivity index (χ2v) is 9.15. The fourth-order valence-corrected chi connectivity index (χ4v) is 3.49. The van der Waals surface area contributed by atoms with Crippen LogP contribution in [0.15, 0.2) is 55.0 Å². The lowest BCUT2D eigenvalue weighted by Gasteiger charge is -2.24. The molecule has 0 spiro atoms. The summed E-state index contributed by atoms with van der Waals surface area (Å²) in [6.07, 6.45) is 6.59. The molecule has 0 N–H and O–H groups in total. The van der Waals surface area contributed by atoms with Crippen LogP contribution in [0.25, 0.3) is 22.1 Å². The van der Waals surface area contributed by atoms with E-state index in [1.54, 1.807) is 6.20 Å². The van der Waals surface area contributed by atoms with Gasteiger partial charge in [-0.05, 0) is 59.4 Å². The minimum atomic E-state index is -0.120. The van der Waals surface area contributed by atoms with Crippen LogP contribution in [0, 0.1) is 0 Å². The Bertz CT molecular complexity index is 1160. The van der Waals surface area contributed by atoms with Gasteiger partial charge in [0.05, 0.1) is 22.1 Å². The maximum absolute atomic E-state index is 4.85. The molecule has 0 amide bonds. The lowest BCUT2D eigenvalue weighted by atomic mass is 9.82. The predicted octanol–water partition coefficient (Wildman–Crippen LogP) is 5.39. The molecule has 0 unspecified atom stereocenters. The fourth-order valence-electron chi connectivity index (χ4n) is 3.49. The normalized spacial score (nSPS) is 12.6. The van der Waals surface area contributed by atoms with Crippen molar-refractivity contribution >= 4 is 22.1 Å². The van der Waals surface area contributed by atoms with Gasteiger partial charge in [0.15, 0.2) is 0 Å². The van der Waals surface area contributed by atoms with Crippen molar-refractivity contribution in [3.8, 4) is 0 Å². The Morgan fingerprint density at radius 2 is 1.50 bits per heavy atom. The van der Waals surface area contributed by atoms with E-state index >= 15 is 0 Å². The minimum Gasteiger partial charge on any atom is -0.255 e. The van der Waals surface area contributed by atoms with Crippen molar-refractivity contribution in [3.05, 3.63) is 71.8 Å². The highest BCUT2D eigenvalue weighted by molar-refractivity contribution is 5.75. The molecule has 4 aromatic rings. The molecule has 4 nitrogen and oxygen atoms in total. The third kappa shape index (κ3) is 3.59. The van der Waals surface area contributed by atoms with Crippen LogP contribution >= 0.6 is 0 Å². The van der Waals surface area contributed by atoms with Gasteiger partial charge in [0.1, 0.15) is 0 Å². The van der Waals surface area contributed by atoms with E-state index in [1.807, 2.05) is 30.6 Å². The van der Waals surface area contributed by atoms with Crippen LogP contribution in [0.4, 0.5) is 0 Å². The Labute approximate surface area is 166 Å². The maximum atomic E-state index is 4.85. The summed E-state index contributed by atoms with van der Waals surface area (Å²) in [6, 6.07) is 12.4. The highest BCUT2D eigenvalue weighted by Gasteiger charge is 2.24. The average Bonchev–Trinajstić information content (AvgIpc) is 2.66. The van der Waals surface area contributed by atoms with Crippen LogP contribution in [-0.2, 0) is 17.3 Å². The first kappa shape index (κ1) is 18.5. The van der Waals surface area contributed by atoms with Crippen molar-refractivity contribution in [1.82, 2.24) is 19.9 Å². The fraction of sp³-hybridized carbons (Fsp3) is 0.333. The van der Waals surface area contributed by atoms with Crippen LogP contribution in [0.2, 0.25) is 0 Å². The van der Waals surface area contributed by atoms with Gasteiger partial charge in [-0.3, -0.25) is 19.9 Å². The molecule has 0 saturated heterocycles. The summed E-state index contributed by atoms with van der Waals surface area (Å²) in [5, 5.41) is 0. The Balaban J connectivity index is 1.65. The zero-order valence-corrected chi connectivity index (χ0v) is 17.2. The molecule has 142 valence electrons. The molecule has 0 aliphatic heterocycles. The Hall–Kier alpha value is -2.88. The largest absolute Gasteiger partial charge is 0.255 e. The van der Waals surface area contributed by atoms with Crippen molar-refractivity contribution in [2.45, 2.75) is 51.9 Å². The lowest BCUT2D eigenvalue weighted by Crippen LogP contribution is -2.22. The van der Waals surface area contributed by atoms with Crippen molar-refractivity contribution in [3.63, 3.8) is 0 Å². The van der Waals surface area contributed by atoms with E-state index in [1.165, 1.54) is 11.1 Å². The molecule has 4 heteroatoms. The summed E-state index contributed by atoms with van der Waals surface area (Å²) in [7, 11) is 0. The zero-order valence-electron chi connectivity index (χ0n) is 17.2. The van der Waals surface area contributed by atoms with Gasteiger partial charge >= 0.3 is 0 Å². The molecule has 0 aliphatic carbocycles. The van der Waals surface area contributed by atoms with Gasteiger partial charge < -0.3 is 0 Å². The summed E-state index contributed by atoms with van der Waals surface area (Å²) < 4.78 is 0. The molecule has 28 heavy (non-hydrogen) atoms. The molecule has 0 saturated carbocycles. The molecule has 4 rings (SSSR count). The number of rotatable bonds is 3. The van der Waals surface area contributed by atoms with Crippen LogP contribution in [0.5, 0.6) is 0 Å². The number of pyridine rings is 4. The molecule has 4 heterocycles. The molecule has 0 aliphatic rings. The minimum absolute atomic E-state index is 0.0696. The smallest absolute Gasteiger partial charge is 0.0890 e. The molecular formula is C24H26N4. The predicted molar refractivity (Wildman–Crippen MR) is 115 cm³/mol. The monoisotopic (exact) mass is 370 g/mol. The first-order valence-electron chi connectivity index (χ1n) is 9.70. The first-order valence-corrected chi connectivity index (χ1v) is 9.70. The van der Waals surface area contributed by atoms with E-state index in [2.05, 4.69) is 62.8 Å². The third-order valence-electron chi connectivity index (χ3n) is 5.25. The highest BCUT2D eigenvalue weighted by atomic mass is 14.8. The van der Waals surface area contributed by atoms with Gasteiger partial charge in [-0.1, -0.05) is 34.6 Å². The summed E-state index contributed by atoms with van der Waals surface area (Å²) in [5.74, 6) is 0. The summed E-state index contributed by atoms with van der Waals surface area (Å²) >= 11 is 0. The van der Waals surface area contributed by atoms with E-state index in [0.717, 1.165) is 34.2 Å². The lowest BCUT2D eigenvalue weighted by molar-refractivity contribution is 0.507. The van der Waals surface area contributed by atoms with E-state index < -0.39 is 0 Å². The van der Waals surface area contributed by atoms with Gasteiger partial charge in [-0.25, -0.2) is 0 Å². The number of fused-ring (bicyclic) bond motifs is 2. The molecule has 0 atom stereocenters. The van der Waals surface area contributed by atoms with E-state index in [-0.39, 0.29) is 10.8 Å². The second-order valence-electron chi connectivity index (χ2n) is 9.15. The molecule has 0 aromatic carbocycles. The Kier molecular flexibility index (Phi) is 4.37. The molecular weight excluding hydrogens is 344 g/mol. The van der Waals surface area contributed by atoms with Crippen molar-refractivity contribution < 1.29 is 0 Å². The van der Waals surface area contributed by atoms with Crippen molar-refractivity contribution in [1.29, 1.82) is 0 Å². The maximum Gasteiger partial charge on any atom is 0.0890 e. The molecule has 0 fully saturated rings. The van der Waals surface area contributed by atoms with Crippen molar-refractivity contribution in [2.24, 2.45) is 0 Å². The third-order valence-corrected chi connectivity index (χ3v) is 5.25. The molecule has 0 bridgehead atoms. The number of aromatic nitrogens is 4. The van der Waals surface area contributed by atoms with E-state index in [0.29, 0.717) is 0 Å². The standard InChI is InChI=1S/C24H26N4/c1-23(2,3)17-12-21-20(27-15-17)11-16(14-26-21)13-24(4,5)22-9-8-18-19(28-22)7-6-10-25-18/h6-12,14-15H,13H2,1-5H3. The molecule has 0 radical (unpaired) electrons. The van der Waals surface area contributed by atoms with E-state index in [4.69, 9.17) is 9.97 Å². The Morgan fingerprint density at radius 1 is 0.750 bits per heavy atom. The average molecular weight is 371 g/mol. The van der Waals surface area contributed by atoms with Crippen molar-refractivity contribution in [2.75, 3.05) is 0 Å². The van der Waals surface area contributed by atoms with Gasteiger partial charge in [0.2, 0.25) is 0 Å². The number of nitrogens with zero attached hydrogens (tertiary/aromatic N) is 4. The van der Waals surface area contributed by atoms with Gasteiger partial charge in [-0.2, -0.15) is 0 Å². The van der Waals surface area contributed by atoms with E-state index in [9.17, 15) is 0 Å². The highest BCUT2D eigenvalue weighted by Crippen LogP contribution is 2.29. The van der Waals surface area contributed by atoms with Crippen LogP contribution in [-0.4, -0.2) is 19.9 Å². The molecule has 4 aromatic heterocycles. The van der Waals surface area contributed by atoms with Crippen LogP contribution in [0.3, 0.4) is 0 Å². The topological polar surface area (TPSA) is 51.6 Å². The van der Waals surface area contributed by atoms with Gasteiger partial charge in [-0.15, -0.1) is 0 Å². The second kappa shape index (κ2) is 6.62. The number of hydrogen-bond donors (Lipinski definition) is 0.